The lowest BCUT2D eigenvalue weighted by Gasteiger charge is -2.10. The van der Waals surface area contributed by atoms with Gasteiger partial charge in [-0.2, -0.15) is 13.2 Å². The molecule has 2 nitrogen and oxygen atoms in total. The van der Waals surface area contributed by atoms with Gasteiger partial charge in [-0.25, -0.2) is 4.79 Å². The maximum atomic E-state index is 12.5. The minimum absolute atomic E-state index is 0.00917. The molecule has 1 rings (SSSR count). The van der Waals surface area contributed by atoms with Gasteiger partial charge in [-0.1, -0.05) is 12.1 Å². The van der Waals surface area contributed by atoms with Gasteiger partial charge in [0.05, 0.1) is 5.56 Å². The van der Waals surface area contributed by atoms with Crippen molar-refractivity contribution in [2.75, 3.05) is 0 Å². The van der Waals surface area contributed by atoms with Crippen LogP contribution in [-0.4, -0.2) is 11.1 Å². The predicted octanol–water partition coefficient (Wildman–Crippen LogP) is 3.41. The molecule has 0 aliphatic carbocycles. The molecule has 0 radical (unpaired) electrons. The number of hydrogen-bond donors (Lipinski definition) is 1. The molecule has 0 atom stereocenters. The first kappa shape index (κ1) is 13.0. The van der Waals surface area contributed by atoms with Crippen LogP contribution >= 0.6 is 22.6 Å². The van der Waals surface area contributed by atoms with E-state index in [-0.39, 0.29) is 9.13 Å². The number of benzene rings is 1. The number of aliphatic carboxylic acids is 1. The quantitative estimate of drug-likeness (QED) is 0.661. The standard InChI is InChI=1S/C10H6F3IO2/c11-10(12,13)7-3-1-2-6(9(7)14)4-5-8(15)16/h1-5H,(H,15,16)/b5-4+. The molecule has 0 saturated heterocycles. The highest BCUT2D eigenvalue weighted by Gasteiger charge is 2.33. The van der Waals surface area contributed by atoms with Gasteiger partial charge in [-0.15, -0.1) is 0 Å². The Bertz CT molecular complexity index is 438. The van der Waals surface area contributed by atoms with Crippen LogP contribution in [0.4, 0.5) is 13.2 Å². The van der Waals surface area contributed by atoms with Crippen molar-refractivity contribution in [1.82, 2.24) is 0 Å². The van der Waals surface area contributed by atoms with E-state index in [1.54, 1.807) is 22.6 Å². The summed E-state index contributed by atoms with van der Waals surface area (Å²) in [5.41, 5.74) is -0.529. The van der Waals surface area contributed by atoms with Crippen molar-refractivity contribution in [3.63, 3.8) is 0 Å². The minimum Gasteiger partial charge on any atom is -0.478 e. The van der Waals surface area contributed by atoms with Gasteiger partial charge in [-0.05, 0) is 40.3 Å². The van der Waals surface area contributed by atoms with E-state index in [9.17, 15) is 18.0 Å². The molecular formula is C10H6F3IO2. The lowest BCUT2D eigenvalue weighted by Crippen LogP contribution is -2.08. The van der Waals surface area contributed by atoms with E-state index in [1.807, 2.05) is 0 Å². The highest BCUT2D eigenvalue weighted by atomic mass is 127. The molecular weight excluding hydrogens is 336 g/mol. The number of halogens is 4. The first-order valence-electron chi connectivity index (χ1n) is 4.09. The number of rotatable bonds is 2. The average Bonchev–Trinajstić information content (AvgIpc) is 2.14. The van der Waals surface area contributed by atoms with Crippen molar-refractivity contribution in [3.05, 3.63) is 39.0 Å². The Labute approximate surface area is 103 Å². The summed E-state index contributed by atoms with van der Waals surface area (Å²) in [5.74, 6) is -1.20. The largest absolute Gasteiger partial charge is 0.478 e. The second kappa shape index (κ2) is 4.86. The van der Waals surface area contributed by atoms with E-state index in [0.717, 1.165) is 18.2 Å². The molecule has 1 aromatic carbocycles. The normalized spacial score (nSPS) is 12.0. The molecule has 86 valence electrons. The van der Waals surface area contributed by atoms with E-state index in [2.05, 4.69) is 0 Å². The second-order valence-electron chi connectivity index (χ2n) is 2.88. The minimum atomic E-state index is -4.43. The molecule has 0 aliphatic heterocycles. The van der Waals surface area contributed by atoms with Crippen LogP contribution in [0.15, 0.2) is 24.3 Å². The summed E-state index contributed by atoms with van der Waals surface area (Å²) in [6.45, 7) is 0. The third-order valence-corrected chi connectivity index (χ3v) is 2.94. The van der Waals surface area contributed by atoms with Crippen LogP contribution in [0.3, 0.4) is 0 Å². The van der Waals surface area contributed by atoms with Gasteiger partial charge in [0.15, 0.2) is 0 Å². The molecule has 0 unspecified atom stereocenters. The third-order valence-electron chi connectivity index (χ3n) is 1.74. The van der Waals surface area contributed by atoms with E-state index >= 15 is 0 Å². The maximum absolute atomic E-state index is 12.5. The van der Waals surface area contributed by atoms with Gasteiger partial charge < -0.3 is 5.11 Å². The molecule has 0 spiro atoms. The van der Waals surface area contributed by atoms with Crippen LogP contribution < -0.4 is 0 Å². The van der Waals surface area contributed by atoms with Crippen molar-refractivity contribution in [2.24, 2.45) is 0 Å². The fraction of sp³-hybridized carbons (Fsp3) is 0.100. The Balaban J connectivity index is 3.19. The lowest BCUT2D eigenvalue weighted by molar-refractivity contribution is -0.138. The fourth-order valence-corrected chi connectivity index (χ4v) is 1.90. The molecule has 0 bridgehead atoms. The van der Waals surface area contributed by atoms with Gasteiger partial charge in [-0.3, -0.25) is 0 Å². The zero-order valence-corrected chi connectivity index (χ0v) is 9.91. The van der Waals surface area contributed by atoms with Crippen LogP contribution in [0.2, 0.25) is 0 Å². The zero-order chi connectivity index (χ0) is 12.3. The molecule has 1 N–H and O–H groups in total. The molecule has 0 aromatic heterocycles. The number of carboxylic acid groups (broad SMARTS) is 1. The Hall–Kier alpha value is -1.05. The number of hydrogen-bond acceptors (Lipinski definition) is 1. The van der Waals surface area contributed by atoms with Crippen molar-refractivity contribution >= 4 is 34.6 Å². The van der Waals surface area contributed by atoms with Gasteiger partial charge in [0.25, 0.3) is 0 Å². The van der Waals surface area contributed by atoms with Gasteiger partial charge in [0.2, 0.25) is 0 Å². The average molecular weight is 342 g/mol. The molecule has 0 fully saturated rings. The monoisotopic (exact) mass is 342 g/mol. The Morgan fingerprint density at radius 1 is 1.38 bits per heavy atom. The summed E-state index contributed by atoms with van der Waals surface area (Å²) in [4.78, 5) is 10.3. The van der Waals surface area contributed by atoms with Crippen LogP contribution in [0.5, 0.6) is 0 Å². The molecule has 0 aliphatic rings. The first-order chi connectivity index (χ1) is 7.32. The number of alkyl halides is 3. The van der Waals surface area contributed by atoms with Gasteiger partial charge >= 0.3 is 12.1 Å². The van der Waals surface area contributed by atoms with Gasteiger partial charge in [0, 0.05) is 9.65 Å². The predicted molar refractivity (Wildman–Crippen MR) is 60.8 cm³/mol. The smallest absolute Gasteiger partial charge is 0.417 e. The van der Waals surface area contributed by atoms with Crippen molar-refractivity contribution in [1.29, 1.82) is 0 Å². The summed E-state index contributed by atoms with van der Waals surface area (Å²) in [7, 11) is 0. The summed E-state index contributed by atoms with van der Waals surface area (Å²) in [6, 6.07) is 3.63. The van der Waals surface area contributed by atoms with Crippen molar-refractivity contribution in [2.45, 2.75) is 6.18 Å². The van der Waals surface area contributed by atoms with Crippen molar-refractivity contribution < 1.29 is 23.1 Å². The molecule has 0 saturated carbocycles. The first-order valence-corrected chi connectivity index (χ1v) is 5.17. The second-order valence-corrected chi connectivity index (χ2v) is 3.96. The zero-order valence-electron chi connectivity index (χ0n) is 7.75. The van der Waals surface area contributed by atoms with E-state index in [0.29, 0.717) is 0 Å². The summed E-state index contributed by atoms with van der Waals surface area (Å²) in [5, 5.41) is 8.38. The van der Waals surface area contributed by atoms with Crippen LogP contribution in [0.25, 0.3) is 6.08 Å². The number of carboxylic acids is 1. The van der Waals surface area contributed by atoms with E-state index < -0.39 is 17.7 Å². The summed E-state index contributed by atoms with van der Waals surface area (Å²) in [6.07, 6.45) is -2.49. The lowest BCUT2D eigenvalue weighted by atomic mass is 10.1. The van der Waals surface area contributed by atoms with Crippen LogP contribution in [0.1, 0.15) is 11.1 Å². The maximum Gasteiger partial charge on any atom is 0.417 e. The highest BCUT2D eigenvalue weighted by molar-refractivity contribution is 14.1. The van der Waals surface area contributed by atoms with E-state index in [4.69, 9.17) is 5.11 Å². The van der Waals surface area contributed by atoms with Crippen LogP contribution in [-0.2, 0) is 11.0 Å². The van der Waals surface area contributed by atoms with Crippen molar-refractivity contribution in [3.8, 4) is 0 Å². The van der Waals surface area contributed by atoms with Crippen LogP contribution in [0, 0.1) is 3.57 Å². The highest BCUT2D eigenvalue weighted by Crippen LogP contribution is 2.34. The Morgan fingerprint density at radius 2 is 2.00 bits per heavy atom. The molecule has 1 aromatic rings. The third kappa shape index (κ3) is 3.22. The topological polar surface area (TPSA) is 37.3 Å². The molecule has 0 heterocycles. The van der Waals surface area contributed by atoms with E-state index in [1.165, 1.54) is 12.1 Å². The summed E-state index contributed by atoms with van der Waals surface area (Å²) < 4.78 is 37.4. The summed E-state index contributed by atoms with van der Waals surface area (Å²) >= 11 is 1.55. The Kier molecular flexibility index (Phi) is 3.95. The SMILES string of the molecule is O=C(O)/C=C/c1cccc(C(F)(F)F)c1I. The molecule has 6 heteroatoms. The fourth-order valence-electron chi connectivity index (χ4n) is 1.06. The molecule has 16 heavy (non-hydrogen) atoms. The van der Waals surface area contributed by atoms with Gasteiger partial charge in [0.1, 0.15) is 0 Å². The number of carbonyl (C=O) groups is 1. The molecule has 0 amide bonds. The Morgan fingerprint density at radius 3 is 2.50 bits per heavy atom.